The van der Waals surface area contributed by atoms with Gasteiger partial charge >= 0.3 is 6.09 Å². The summed E-state index contributed by atoms with van der Waals surface area (Å²) in [6, 6.07) is 5.01. The van der Waals surface area contributed by atoms with Crippen molar-refractivity contribution in [3.8, 4) is 0 Å². The van der Waals surface area contributed by atoms with Crippen molar-refractivity contribution in [3.63, 3.8) is 0 Å². The molecule has 1 heterocycles. The normalized spacial score (nSPS) is 14.8. The number of ether oxygens (including phenoxy) is 1. The van der Waals surface area contributed by atoms with Gasteiger partial charge in [-0.15, -0.1) is 0 Å². The Kier molecular flexibility index (Phi) is 4.29. The molecule has 1 amide bonds. The third kappa shape index (κ3) is 2.94. The van der Waals surface area contributed by atoms with E-state index in [-0.39, 0.29) is 11.0 Å². The number of fused-ring (bicyclic) bond motifs is 1. The molecule has 0 spiro atoms. The van der Waals surface area contributed by atoms with Crippen LogP contribution in [0.1, 0.15) is 18.1 Å². The Bertz CT molecular complexity index is 613. The number of hydrogen-bond donors (Lipinski definition) is 1. The highest BCUT2D eigenvalue weighted by Gasteiger charge is 2.23. The molecule has 1 aliphatic heterocycles. The Hall–Kier alpha value is -1.60. The molecule has 0 unspecified atom stereocenters. The topological polar surface area (TPSA) is 75.7 Å². The molecule has 7 heteroatoms. The van der Waals surface area contributed by atoms with E-state index in [1.807, 2.05) is 6.07 Å². The van der Waals surface area contributed by atoms with Crippen molar-refractivity contribution in [2.75, 3.05) is 20.2 Å². The molecule has 0 saturated heterocycles. The Balaban J connectivity index is 2.26. The summed E-state index contributed by atoms with van der Waals surface area (Å²) >= 11 is 0. The number of hydrogen-bond acceptors (Lipinski definition) is 4. The van der Waals surface area contributed by atoms with Crippen molar-refractivity contribution >= 4 is 16.1 Å². The van der Waals surface area contributed by atoms with E-state index < -0.39 is 10.0 Å². The van der Waals surface area contributed by atoms with Gasteiger partial charge in [0.2, 0.25) is 10.0 Å². The number of amides is 1. The molecule has 0 aromatic heterocycles. The zero-order valence-electron chi connectivity index (χ0n) is 11.5. The van der Waals surface area contributed by atoms with Gasteiger partial charge in [-0.2, -0.15) is 0 Å². The highest BCUT2D eigenvalue weighted by atomic mass is 32.2. The van der Waals surface area contributed by atoms with Gasteiger partial charge in [0, 0.05) is 13.1 Å². The van der Waals surface area contributed by atoms with Crippen molar-refractivity contribution in [3.05, 3.63) is 29.3 Å². The second-order valence-electron chi connectivity index (χ2n) is 4.51. The maximum Gasteiger partial charge on any atom is 0.410 e. The number of rotatable bonds is 3. The van der Waals surface area contributed by atoms with Gasteiger partial charge in [-0.1, -0.05) is 6.07 Å². The average molecular weight is 298 g/mol. The molecule has 2 rings (SSSR count). The van der Waals surface area contributed by atoms with Gasteiger partial charge in [0.1, 0.15) is 0 Å². The number of nitrogens with zero attached hydrogens (tertiary/aromatic N) is 1. The van der Waals surface area contributed by atoms with Crippen LogP contribution in [0.5, 0.6) is 0 Å². The van der Waals surface area contributed by atoms with Crippen LogP contribution in [0, 0.1) is 0 Å². The van der Waals surface area contributed by atoms with Crippen LogP contribution < -0.4 is 4.72 Å². The maximum absolute atomic E-state index is 11.8. The van der Waals surface area contributed by atoms with Crippen LogP contribution in [-0.4, -0.2) is 39.6 Å². The molecule has 0 bridgehead atoms. The first-order valence-corrected chi connectivity index (χ1v) is 7.93. The molecule has 1 N–H and O–H groups in total. The van der Waals surface area contributed by atoms with Gasteiger partial charge in [0.05, 0.1) is 11.5 Å². The molecule has 0 atom stereocenters. The molecule has 0 fully saturated rings. The number of nitrogens with one attached hydrogen (secondary N) is 1. The summed E-state index contributed by atoms with van der Waals surface area (Å²) in [5.74, 6) is 0. The Morgan fingerprint density at radius 3 is 2.80 bits per heavy atom. The van der Waals surface area contributed by atoms with Crippen LogP contribution in [0.25, 0.3) is 0 Å². The third-order valence-electron chi connectivity index (χ3n) is 3.30. The minimum absolute atomic E-state index is 0.212. The second-order valence-corrected chi connectivity index (χ2v) is 6.40. The summed E-state index contributed by atoms with van der Waals surface area (Å²) in [5.41, 5.74) is 1.92. The summed E-state index contributed by atoms with van der Waals surface area (Å²) in [6.07, 6.45) is 0.341. The van der Waals surface area contributed by atoms with Crippen LogP contribution >= 0.6 is 0 Å². The molecule has 0 aliphatic carbocycles. The monoisotopic (exact) mass is 298 g/mol. The number of benzene rings is 1. The van der Waals surface area contributed by atoms with Gasteiger partial charge in [0.15, 0.2) is 0 Å². The first-order chi connectivity index (χ1) is 9.47. The molecule has 20 heavy (non-hydrogen) atoms. The number of carbonyl (C=O) groups is 1. The molecule has 6 nitrogen and oxygen atoms in total. The summed E-state index contributed by atoms with van der Waals surface area (Å²) < 4.78 is 30.8. The van der Waals surface area contributed by atoms with Crippen LogP contribution in [-0.2, 0) is 27.7 Å². The fourth-order valence-electron chi connectivity index (χ4n) is 2.19. The fourth-order valence-corrected chi connectivity index (χ4v) is 2.97. The molecular weight excluding hydrogens is 280 g/mol. The number of carbonyl (C=O) groups excluding carboxylic acids is 1. The molecule has 0 radical (unpaired) electrons. The summed E-state index contributed by atoms with van der Waals surface area (Å²) in [5, 5.41) is 0. The molecule has 1 aromatic carbocycles. The van der Waals surface area contributed by atoms with Crippen molar-refractivity contribution in [1.29, 1.82) is 0 Å². The summed E-state index contributed by atoms with van der Waals surface area (Å²) in [4.78, 5) is 13.5. The lowest BCUT2D eigenvalue weighted by molar-refractivity contribution is 0.102. The molecule has 1 aromatic rings. The van der Waals surface area contributed by atoms with E-state index in [0.29, 0.717) is 26.1 Å². The SMILES string of the molecule is CCOC(=O)N1CCc2ccc(S(=O)(=O)NC)cc2C1. The van der Waals surface area contributed by atoms with E-state index in [9.17, 15) is 13.2 Å². The summed E-state index contributed by atoms with van der Waals surface area (Å²) in [6.45, 7) is 3.05. The van der Waals surface area contributed by atoms with E-state index in [4.69, 9.17) is 4.74 Å². The van der Waals surface area contributed by atoms with Gasteiger partial charge in [-0.3, -0.25) is 0 Å². The first-order valence-electron chi connectivity index (χ1n) is 6.45. The van der Waals surface area contributed by atoms with Crippen LogP contribution in [0.15, 0.2) is 23.1 Å². The van der Waals surface area contributed by atoms with Crippen molar-refractivity contribution in [2.24, 2.45) is 0 Å². The van der Waals surface area contributed by atoms with Crippen molar-refractivity contribution < 1.29 is 17.9 Å². The fraction of sp³-hybridized carbons (Fsp3) is 0.462. The van der Waals surface area contributed by atoms with Gasteiger partial charge < -0.3 is 9.64 Å². The van der Waals surface area contributed by atoms with E-state index >= 15 is 0 Å². The molecular formula is C13H18N2O4S. The predicted octanol–water partition coefficient (Wildman–Crippen LogP) is 1.11. The minimum atomic E-state index is -3.46. The average Bonchev–Trinajstić information content (AvgIpc) is 2.46. The standard InChI is InChI=1S/C13H18N2O4S/c1-3-19-13(16)15-7-6-10-4-5-12(8-11(10)9-15)20(17,18)14-2/h4-5,8,14H,3,6-7,9H2,1-2H3. The second kappa shape index (κ2) is 5.80. The summed E-state index contributed by atoms with van der Waals surface area (Å²) in [7, 11) is -2.09. The van der Waals surface area contributed by atoms with Crippen molar-refractivity contribution in [1.82, 2.24) is 9.62 Å². The van der Waals surface area contributed by atoms with E-state index in [1.165, 1.54) is 7.05 Å². The highest BCUT2D eigenvalue weighted by Crippen LogP contribution is 2.22. The molecule has 0 saturated carbocycles. The lowest BCUT2D eigenvalue weighted by Gasteiger charge is -2.28. The van der Waals surface area contributed by atoms with Gasteiger partial charge in [0.25, 0.3) is 0 Å². The van der Waals surface area contributed by atoms with Gasteiger partial charge in [-0.25, -0.2) is 17.9 Å². The third-order valence-corrected chi connectivity index (χ3v) is 4.71. The Labute approximate surface area is 118 Å². The number of sulfonamides is 1. The zero-order valence-corrected chi connectivity index (χ0v) is 12.4. The lowest BCUT2D eigenvalue weighted by atomic mass is 10.0. The van der Waals surface area contributed by atoms with Crippen LogP contribution in [0.2, 0.25) is 0 Å². The lowest BCUT2D eigenvalue weighted by Crippen LogP contribution is -2.36. The van der Waals surface area contributed by atoms with Crippen molar-refractivity contribution in [2.45, 2.75) is 24.8 Å². The largest absolute Gasteiger partial charge is 0.450 e. The zero-order chi connectivity index (χ0) is 14.8. The van der Waals surface area contributed by atoms with E-state index in [2.05, 4.69) is 4.72 Å². The minimum Gasteiger partial charge on any atom is -0.450 e. The Morgan fingerprint density at radius 1 is 1.40 bits per heavy atom. The predicted molar refractivity (Wildman–Crippen MR) is 73.8 cm³/mol. The maximum atomic E-state index is 11.8. The first kappa shape index (κ1) is 14.8. The van der Waals surface area contributed by atoms with Crippen LogP contribution in [0.4, 0.5) is 4.79 Å². The van der Waals surface area contributed by atoms with E-state index in [1.54, 1.807) is 24.0 Å². The highest BCUT2D eigenvalue weighted by molar-refractivity contribution is 7.89. The van der Waals surface area contributed by atoms with E-state index in [0.717, 1.165) is 11.1 Å². The molecule has 110 valence electrons. The Morgan fingerprint density at radius 2 is 2.15 bits per heavy atom. The van der Waals surface area contributed by atoms with Gasteiger partial charge in [-0.05, 0) is 43.7 Å². The quantitative estimate of drug-likeness (QED) is 0.907. The van der Waals surface area contributed by atoms with Crippen LogP contribution in [0.3, 0.4) is 0 Å². The molecule has 1 aliphatic rings. The smallest absolute Gasteiger partial charge is 0.410 e.